The van der Waals surface area contributed by atoms with Crippen LogP contribution in [0.15, 0.2) is 219 Å². The Balaban J connectivity index is 0.886. The Morgan fingerprint density at radius 2 is 0.937 bits per heavy atom. The van der Waals surface area contributed by atoms with Crippen LogP contribution in [0.3, 0.4) is 0 Å². The highest BCUT2D eigenvalue weighted by atomic mass is 15.0. The lowest BCUT2D eigenvalue weighted by molar-refractivity contribution is 0.490. The molecular formula is C61H48N2. The molecule has 1 aliphatic carbocycles. The van der Waals surface area contributed by atoms with Crippen LogP contribution in [0.1, 0.15) is 71.2 Å². The third-order valence-corrected chi connectivity index (χ3v) is 13.9. The van der Waals surface area contributed by atoms with Gasteiger partial charge in [-0.2, -0.15) is 0 Å². The average molecular weight is 809 g/mol. The standard InChI is InChI=1S/C61H48N2/c1-3-60(4-2)55-40-43(30-37-51(55)52-38-36-50(41-56(52)60)63-58-26-16-14-24-53(58)54-25-15-17-27-59(54)63)28-29-44-31-39-57(62-42-44)45-32-34-49(35-33-45)61(46-18-8-5-9-19-46,47-20-10-6-11-21-47)48-22-12-7-13-23-48/h5-42H,3-4H2,1-2H3/b29-28+. The fraction of sp³-hybridized carbons (Fsp3) is 0.0984. The zero-order valence-electron chi connectivity index (χ0n) is 35.7. The molecule has 2 heterocycles. The maximum Gasteiger partial charge on any atom is 0.0702 e. The molecule has 0 spiro atoms. The first-order chi connectivity index (χ1) is 31.1. The minimum atomic E-state index is -0.477. The van der Waals surface area contributed by atoms with Crippen molar-refractivity contribution in [3.05, 3.63) is 263 Å². The molecule has 2 nitrogen and oxygen atoms in total. The molecular weight excluding hydrogens is 761 g/mol. The molecule has 0 aliphatic heterocycles. The van der Waals surface area contributed by atoms with E-state index in [0.29, 0.717) is 0 Å². The molecule has 2 aromatic heterocycles. The topological polar surface area (TPSA) is 17.8 Å². The second kappa shape index (κ2) is 15.7. The Hall–Kier alpha value is -7.55. The molecule has 0 fully saturated rings. The van der Waals surface area contributed by atoms with Gasteiger partial charge in [0.15, 0.2) is 0 Å². The van der Waals surface area contributed by atoms with Gasteiger partial charge in [0.2, 0.25) is 0 Å². The lowest BCUT2D eigenvalue weighted by Crippen LogP contribution is -2.30. The molecule has 11 rings (SSSR count). The van der Waals surface area contributed by atoms with Gasteiger partial charge in [0.25, 0.3) is 0 Å². The molecule has 0 radical (unpaired) electrons. The first-order valence-corrected chi connectivity index (χ1v) is 22.3. The zero-order chi connectivity index (χ0) is 42.4. The molecule has 0 saturated heterocycles. The van der Waals surface area contributed by atoms with E-state index in [1.165, 1.54) is 77.6 Å². The van der Waals surface area contributed by atoms with Crippen LogP contribution < -0.4 is 0 Å². The third kappa shape index (κ3) is 6.20. The van der Waals surface area contributed by atoms with Crippen LogP contribution in [0.5, 0.6) is 0 Å². The number of benzene rings is 8. The van der Waals surface area contributed by atoms with Gasteiger partial charge in [0.05, 0.1) is 22.1 Å². The van der Waals surface area contributed by atoms with Gasteiger partial charge in [-0.3, -0.25) is 4.98 Å². The van der Waals surface area contributed by atoms with Crippen molar-refractivity contribution in [3.8, 4) is 28.1 Å². The van der Waals surface area contributed by atoms with Crippen molar-refractivity contribution in [2.75, 3.05) is 0 Å². The van der Waals surface area contributed by atoms with E-state index in [9.17, 15) is 0 Å². The maximum atomic E-state index is 4.98. The summed E-state index contributed by atoms with van der Waals surface area (Å²) in [6, 6.07) is 77.7. The number of fused-ring (bicyclic) bond motifs is 6. The van der Waals surface area contributed by atoms with Crippen LogP contribution in [0.2, 0.25) is 0 Å². The van der Waals surface area contributed by atoms with Crippen molar-refractivity contribution >= 4 is 34.0 Å². The quantitative estimate of drug-likeness (QED) is 0.126. The molecule has 0 N–H and O–H groups in total. The molecule has 0 amide bonds. The molecule has 63 heavy (non-hydrogen) atoms. The monoisotopic (exact) mass is 808 g/mol. The van der Waals surface area contributed by atoms with Crippen LogP contribution in [-0.2, 0) is 10.8 Å². The summed E-state index contributed by atoms with van der Waals surface area (Å²) in [6.45, 7) is 4.70. The van der Waals surface area contributed by atoms with Crippen molar-refractivity contribution in [1.82, 2.24) is 9.55 Å². The molecule has 302 valence electrons. The summed E-state index contributed by atoms with van der Waals surface area (Å²) in [5, 5.41) is 2.58. The molecule has 8 aromatic carbocycles. The number of hydrogen-bond acceptors (Lipinski definition) is 1. The van der Waals surface area contributed by atoms with E-state index in [4.69, 9.17) is 4.98 Å². The SMILES string of the molecule is CCC1(CC)c2cc(/C=C/c3ccc(-c4ccc(C(c5ccccc5)(c5ccccc5)c5ccccc5)cc4)nc3)ccc2-c2ccc(-n3c4ccccc4c4ccccc43)cc21. The lowest BCUT2D eigenvalue weighted by atomic mass is 9.65. The Kier molecular flexibility index (Phi) is 9.58. The van der Waals surface area contributed by atoms with E-state index >= 15 is 0 Å². The van der Waals surface area contributed by atoms with E-state index in [0.717, 1.165) is 29.7 Å². The summed E-state index contributed by atoms with van der Waals surface area (Å²) in [7, 11) is 0. The highest BCUT2D eigenvalue weighted by Crippen LogP contribution is 2.54. The van der Waals surface area contributed by atoms with Gasteiger partial charge in [0.1, 0.15) is 0 Å². The van der Waals surface area contributed by atoms with E-state index < -0.39 is 5.41 Å². The van der Waals surface area contributed by atoms with E-state index in [-0.39, 0.29) is 5.41 Å². The first kappa shape index (κ1) is 38.4. The number of aromatic nitrogens is 2. The van der Waals surface area contributed by atoms with Gasteiger partial charge in [-0.25, -0.2) is 0 Å². The van der Waals surface area contributed by atoms with Crippen molar-refractivity contribution in [3.63, 3.8) is 0 Å². The average Bonchev–Trinajstić information content (AvgIpc) is 3.84. The minimum Gasteiger partial charge on any atom is -0.309 e. The van der Waals surface area contributed by atoms with Crippen LogP contribution in [0.4, 0.5) is 0 Å². The summed E-state index contributed by atoms with van der Waals surface area (Å²) in [5.74, 6) is 0. The Morgan fingerprint density at radius 1 is 0.460 bits per heavy atom. The second-order valence-corrected chi connectivity index (χ2v) is 16.9. The molecule has 2 heteroatoms. The molecule has 10 aromatic rings. The van der Waals surface area contributed by atoms with Crippen LogP contribution in [0.25, 0.3) is 62.0 Å². The summed E-state index contributed by atoms with van der Waals surface area (Å²) >= 11 is 0. The van der Waals surface area contributed by atoms with Crippen molar-refractivity contribution in [1.29, 1.82) is 0 Å². The minimum absolute atomic E-state index is 0.0645. The maximum absolute atomic E-state index is 4.98. The summed E-state index contributed by atoms with van der Waals surface area (Å²) in [5.41, 5.74) is 18.0. The molecule has 0 saturated carbocycles. The molecule has 1 aliphatic rings. The lowest BCUT2D eigenvalue weighted by Gasteiger charge is -2.37. The molecule has 0 unspecified atom stereocenters. The first-order valence-electron chi connectivity index (χ1n) is 22.3. The molecule has 0 atom stereocenters. The van der Waals surface area contributed by atoms with Crippen molar-refractivity contribution < 1.29 is 0 Å². The largest absolute Gasteiger partial charge is 0.309 e. The third-order valence-electron chi connectivity index (χ3n) is 13.9. The smallest absolute Gasteiger partial charge is 0.0702 e. The van der Waals surface area contributed by atoms with Gasteiger partial charge < -0.3 is 4.57 Å². The predicted molar refractivity (Wildman–Crippen MR) is 264 cm³/mol. The highest BCUT2D eigenvalue weighted by Gasteiger charge is 2.41. The summed E-state index contributed by atoms with van der Waals surface area (Å²) in [4.78, 5) is 4.98. The Morgan fingerprint density at radius 3 is 1.48 bits per heavy atom. The van der Waals surface area contributed by atoms with Gasteiger partial charge in [-0.1, -0.05) is 208 Å². The van der Waals surface area contributed by atoms with Gasteiger partial charge in [-0.15, -0.1) is 0 Å². The fourth-order valence-corrected chi connectivity index (χ4v) is 10.8. The van der Waals surface area contributed by atoms with E-state index in [1.54, 1.807) is 0 Å². The van der Waals surface area contributed by atoms with Gasteiger partial charge >= 0.3 is 0 Å². The van der Waals surface area contributed by atoms with E-state index in [1.807, 2.05) is 6.20 Å². The number of rotatable bonds is 10. The fourth-order valence-electron chi connectivity index (χ4n) is 10.8. The van der Waals surface area contributed by atoms with Gasteiger partial charge in [-0.05, 0) is 98.8 Å². The Bertz CT molecular complexity index is 3110. The number of pyridine rings is 1. The van der Waals surface area contributed by atoms with Crippen LogP contribution >= 0.6 is 0 Å². The van der Waals surface area contributed by atoms with Crippen LogP contribution in [0, 0.1) is 0 Å². The zero-order valence-corrected chi connectivity index (χ0v) is 35.7. The second-order valence-electron chi connectivity index (χ2n) is 16.9. The van der Waals surface area contributed by atoms with Crippen LogP contribution in [-0.4, -0.2) is 9.55 Å². The molecule has 0 bridgehead atoms. The normalized spacial score (nSPS) is 13.1. The predicted octanol–water partition coefficient (Wildman–Crippen LogP) is 15.5. The highest BCUT2D eigenvalue weighted by molar-refractivity contribution is 6.09. The Labute approximate surface area is 370 Å². The summed E-state index contributed by atoms with van der Waals surface area (Å²) in [6.07, 6.45) is 8.49. The summed E-state index contributed by atoms with van der Waals surface area (Å²) < 4.78 is 2.45. The van der Waals surface area contributed by atoms with Gasteiger partial charge in [0, 0.05) is 33.6 Å². The number of para-hydroxylation sites is 2. The van der Waals surface area contributed by atoms with E-state index in [2.05, 4.69) is 243 Å². The number of nitrogens with zero attached hydrogens (tertiary/aromatic N) is 2. The van der Waals surface area contributed by atoms with Crippen molar-refractivity contribution in [2.45, 2.75) is 37.5 Å². The van der Waals surface area contributed by atoms with Crippen molar-refractivity contribution in [2.24, 2.45) is 0 Å². The number of hydrogen-bond donors (Lipinski definition) is 0.